The van der Waals surface area contributed by atoms with Gasteiger partial charge >= 0.3 is 0 Å². The molecule has 0 unspecified atom stereocenters. The van der Waals surface area contributed by atoms with Crippen molar-refractivity contribution >= 4 is 141 Å². The van der Waals surface area contributed by atoms with Gasteiger partial charge in [-0.15, -0.1) is 0 Å². The predicted molar refractivity (Wildman–Crippen MR) is 484 cm³/mol. The molecule has 1 saturated carbocycles. The maximum atomic E-state index is 12.9. The third-order valence-corrected chi connectivity index (χ3v) is 27.4. The van der Waals surface area contributed by atoms with Crippen molar-refractivity contribution in [2.45, 2.75) is 75.0 Å². The number of thiophene rings is 1. The number of fused-ring (bicyclic) bond motifs is 4. The number of amides is 4. The fourth-order valence-electron chi connectivity index (χ4n) is 16.3. The first-order valence-electron chi connectivity index (χ1n) is 38.4. The van der Waals surface area contributed by atoms with Gasteiger partial charge in [0.15, 0.2) is 58.9 Å². The van der Waals surface area contributed by atoms with Crippen LogP contribution in [0.5, 0.6) is 0 Å². The first kappa shape index (κ1) is 94.5. The van der Waals surface area contributed by atoms with E-state index in [9.17, 15) is 72.0 Å². The van der Waals surface area contributed by atoms with E-state index in [0.29, 0.717) is 183 Å². The summed E-state index contributed by atoms with van der Waals surface area (Å²) >= 11 is 1.48. The minimum atomic E-state index is -3.77. The lowest BCUT2D eigenvalue weighted by atomic mass is 10.1. The van der Waals surface area contributed by atoms with Crippen molar-refractivity contribution in [3.63, 3.8) is 0 Å². The summed E-state index contributed by atoms with van der Waals surface area (Å²) in [6.45, 7) is 7.28. The second-order valence-electron chi connectivity index (χ2n) is 29.9. The zero-order valence-electron chi connectivity index (χ0n) is 66.6. The van der Waals surface area contributed by atoms with Crippen LogP contribution in [0.1, 0.15) is 86.6 Å². The highest BCUT2D eigenvalue weighted by molar-refractivity contribution is 7.91. The zero-order valence-corrected chi connectivity index (χ0v) is 70.7. The van der Waals surface area contributed by atoms with Crippen LogP contribution >= 0.6 is 11.3 Å². The highest BCUT2D eigenvalue weighted by atomic mass is 32.2. The van der Waals surface area contributed by atoms with E-state index < -0.39 is 61.6 Å². The lowest BCUT2D eigenvalue weighted by molar-refractivity contribution is -0.135. The Hall–Kier alpha value is -11.4. The van der Waals surface area contributed by atoms with Crippen LogP contribution in [0.25, 0.3) is 43.6 Å². The van der Waals surface area contributed by atoms with E-state index in [0.717, 1.165) is 56.1 Å². The Bertz CT molecular complexity index is 6270. The van der Waals surface area contributed by atoms with Crippen LogP contribution in [-0.2, 0) is 72.3 Å². The third-order valence-electron chi connectivity index (χ3n) is 22.3. The molecule has 0 bridgehead atoms. The summed E-state index contributed by atoms with van der Waals surface area (Å²) in [6.07, 6.45) is 13.2. The fourth-order valence-corrected chi connectivity index (χ4v) is 21.1. The molecule has 4 aromatic carbocycles. The van der Waals surface area contributed by atoms with Crippen LogP contribution in [0, 0.1) is 5.92 Å². The van der Waals surface area contributed by atoms with E-state index in [1.165, 1.54) is 29.6 Å². The molecule has 35 heteroatoms. The van der Waals surface area contributed by atoms with Gasteiger partial charge in [-0.2, -0.15) is 11.3 Å². The summed E-state index contributed by atoms with van der Waals surface area (Å²) in [5, 5.41) is 6.55. The molecule has 0 radical (unpaired) electrons. The maximum absolute atomic E-state index is 12.9. The first-order chi connectivity index (χ1) is 56.1. The summed E-state index contributed by atoms with van der Waals surface area (Å²) in [6, 6.07) is 39.5. The van der Waals surface area contributed by atoms with Gasteiger partial charge in [-0.25, -0.2) is 33.7 Å². The van der Waals surface area contributed by atoms with E-state index in [2.05, 4.69) is 9.97 Å². The SMILES string of the molecule is C.C.C.C.Cn1c(=O)c(S(C)(=O)=O)c(N2CCN(C(=O)C3CCCC3)CC2)c2ccccc21.Cn1c(=O)c(S(C)(=O)=O)c(N2CCN(C(=O)c3ccccn3)CC2)c2ccccc21.Cn1c(=O)c(S(C)(=O)=O)c(N2CCN(C(=O)c3ccncc3)CC2)c2ccccc21.Cn1c(=O)c(S(C)(=O)=O)c(N2CCN(C(=O)c3ccsc3)CC2)c2ccccc21. The number of carbonyl (C=O) groups excluding carboxylic acids is 4. The van der Waals surface area contributed by atoms with Gasteiger partial charge in [0.05, 0.1) is 50.4 Å². The molecule has 122 heavy (non-hydrogen) atoms. The van der Waals surface area contributed by atoms with E-state index in [1.54, 1.807) is 110 Å². The number of piperazine rings is 4. The van der Waals surface area contributed by atoms with Crippen LogP contribution in [0.4, 0.5) is 22.7 Å². The van der Waals surface area contributed by atoms with Crippen molar-refractivity contribution in [3.05, 3.63) is 221 Å². The minimum Gasteiger partial charge on any atom is -0.366 e. The fraction of sp³-hybridized carbons (Fsp3) is 0.379. The second-order valence-corrected chi connectivity index (χ2v) is 38.5. The highest BCUT2D eigenvalue weighted by Crippen LogP contribution is 2.38. The number of aromatic nitrogens is 6. The van der Waals surface area contributed by atoms with E-state index in [4.69, 9.17) is 0 Å². The van der Waals surface area contributed by atoms with Crippen molar-refractivity contribution in [2.75, 3.05) is 149 Å². The largest absolute Gasteiger partial charge is 0.366 e. The molecule has 30 nitrogen and oxygen atoms in total. The summed E-state index contributed by atoms with van der Waals surface area (Å²) < 4.78 is 106. The van der Waals surface area contributed by atoms with Crippen LogP contribution in [0.2, 0.25) is 0 Å². The molecule has 4 aliphatic heterocycles. The number of anilines is 4. The molecule has 0 spiro atoms. The average Bonchev–Trinajstić information content (AvgIpc) is 0.824. The second kappa shape index (κ2) is 38.8. The van der Waals surface area contributed by atoms with E-state index >= 15 is 0 Å². The molecule has 11 heterocycles. The van der Waals surface area contributed by atoms with Crippen LogP contribution in [0.15, 0.2) is 202 Å². The Morgan fingerprint density at radius 1 is 0.344 bits per heavy atom. The zero-order chi connectivity index (χ0) is 84.4. The van der Waals surface area contributed by atoms with Crippen molar-refractivity contribution < 1.29 is 52.8 Å². The van der Waals surface area contributed by atoms with Crippen molar-refractivity contribution in [1.29, 1.82) is 0 Å². The van der Waals surface area contributed by atoms with Crippen LogP contribution in [0.3, 0.4) is 0 Å². The van der Waals surface area contributed by atoms with Gasteiger partial charge in [0.25, 0.3) is 40.0 Å². The molecule has 5 aliphatic rings. The van der Waals surface area contributed by atoms with Crippen LogP contribution in [-0.4, -0.2) is 235 Å². The molecule has 652 valence electrons. The van der Waals surface area contributed by atoms with Gasteiger partial charge in [-0.1, -0.05) is 121 Å². The summed E-state index contributed by atoms with van der Waals surface area (Å²) in [7, 11) is -8.67. The number of sulfone groups is 4. The molecule has 16 rings (SSSR count). The Morgan fingerprint density at radius 3 is 0.918 bits per heavy atom. The Labute approximate surface area is 716 Å². The van der Waals surface area contributed by atoms with Gasteiger partial charge < -0.3 is 57.5 Å². The molecule has 1 aliphatic carbocycles. The van der Waals surface area contributed by atoms with Gasteiger partial charge in [-0.3, -0.25) is 48.3 Å². The molecule has 0 atom stereocenters. The van der Waals surface area contributed by atoms with Crippen molar-refractivity contribution in [3.8, 4) is 0 Å². The molecule has 5 fully saturated rings. The Kier molecular flexibility index (Phi) is 30.0. The summed E-state index contributed by atoms with van der Waals surface area (Å²) in [4.78, 5) is 125. The smallest absolute Gasteiger partial charge is 0.272 e. The standard InChI is InChI=1S/2C21H22N4O4S.C21H27N3O4S.C20H21N3O4S2.4CH4/c1-23-17-9-4-3-7-15(17)18(19(21(23)27)30(2,28)29)24-11-13-25(14-12-24)20(26)16-8-5-6-10-22-16;1-23-17-6-4-3-5-16(17)18(19(21(23)27)30(2,28)29)24-11-13-25(14-12-24)20(26)15-7-9-22-10-8-15;1-22-17-10-6-5-9-16(17)18(19(21(22)26)29(2,27)28)23-11-13-24(14-12-23)20(25)15-7-3-4-8-15;1-21-16-6-4-3-5-15(16)17(18(20(21)25)29(2,26)27)22-8-10-23(11-9-22)19(24)14-7-12-28-13-14;;;;/h2*3-10H,11-14H2,1-2H3;5-6,9-10,15H,3-4,7-8,11-14H2,1-2H3;3-7,12-13H,8-11H2,1-2H3;4*1H4. The van der Waals surface area contributed by atoms with Gasteiger partial charge in [0, 0.05) is 215 Å². The predicted octanol–water partition coefficient (Wildman–Crippen LogP) is 8.89. The number of rotatable bonds is 12. The normalized spacial score (nSPS) is 15.3. The Morgan fingerprint density at radius 2 is 0.631 bits per heavy atom. The number of hydrogen-bond acceptors (Lipinski definition) is 23. The lowest BCUT2D eigenvalue weighted by Gasteiger charge is -2.38. The molecule has 0 N–H and O–H groups in total. The lowest BCUT2D eigenvalue weighted by Crippen LogP contribution is -2.51. The van der Waals surface area contributed by atoms with Crippen LogP contribution < -0.4 is 41.8 Å². The first-order valence-corrected chi connectivity index (χ1v) is 46.9. The number of aryl methyl sites for hydroxylation is 4. The van der Waals surface area contributed by atoms with Crippen molar-refractivity contribution in [2.24, 2.45) is 34.1 Å². The quantitative estimate of drug-likeness (QED) is 0.110. The van der Waals surface area contributed by atoms with Gasteiger partial charge in [-0.05, 0) is 72.8 Å². The van der Waals surface area contributed by atoms with E-state index in [-0.39, 0.29) is 78.8 Å². The number of nitrogens with zero attached hydrogens (tertiary/aromatic N) is 14. The number of pyridine rings is 6. The topological polar surface area (TPSA) is 345 Å². The van der Waals surface area contributed by atoms with Gasteiger partial charge in [0.2, 0.25) is 5.91 Å². The molecule has 4 saturated heterocycles. The van der Waals surface area contributed by atoms with E-state index in [1.807, 2.05) is 120 Å². The number of hydrogen-bond donors (Lipinski definition) is 0. The molecular weight excluding hydrogens is 1660 g/mol. The third kappa shape index (κ3) is 19.4. The monoisotopic (exact) mass is 1760 g/mol. The van der Waals surface area contributed by atoms with Crippen molar-refractivity contribution in [1.82, 2.24) is 47.8 Å². The minimum absolute atomic E-state index is 0. The average molecular weight is 1770 g/mol. The molecule has 7 aromatic heterocycles. The number of para-hydroxylation sites is 4. The number of benzene rings is 4. The highest BCUT2D eigenvalue weighted by Gasteiger charge is 2.37. The molecular formula is C87H108N14O16S5. The Balaban J connectivity index is 0.000000183. The maximum Gasteiger partial charge on any atom is 0.272 e. The molecule has 11 aromatic rings. The molecule has 4 amide bonds. The van der Waals surface area contributed by atoms with Gasteiger partial charge in [0.1, 0.15) is 5.69 Å². The number of carbonyl (C=O) groups is 4. The summed E-state index contributed by atoms with van der Waals surface area (Å²) in [5.74, 6) is 0.0852. The summed E-state index contributed by atoms with van der Waals surface area (Å²) in [5.41, 5.74) is 3.94.